The number of nitrogens with zero attached hydrogens (tertiary/aromatic N) is 4. The number of piperidine rings is 1. The Morgan fingerprint density at radius 1 is 0.862 bits per heavy atom. The van der Waals surface area contributed by atoms with E-state index in [1.54, 1.807) is 18.5 Å². The number of pyridine rings is 1. The van der Waals surface area contributed by atoms with E-state index in [0.29, 0.717) is 23.8 Å². The number of hydrogen-bond acceptors (Lipinski definition) is 8. The minimum atomic E-state index is -2.10. The van der Waals surface area contributed by atoms with Crippen LogP contribution in [0.25, 0.3) is 10.9 Å². The summed E-state index contributed by atoms with van der Waals surface area (Å²) in [5, 5.41) is 31.9. The van der Waals surface area contributed by atoms with E-state index < -0.39 is 13.9 Å². The van der Waals surface area contributed by atoms with Crippen molar-refractivity contribution < 1.29 is 14.6 Å². The Labute approximate surface area is 346 Å². The molecule has 4 N–H and O–H groups in total. The molecule has 0 aliphatic carbocycles. The zero-order valence-corrected chi connectivity index (χ0v) is 36.4. The van der Waals surface area contributed by atoms with Crippen LogP contribution < -0.4 is 10.9 Å². The average Bonchev–Trinajstić information content (AvgIpc) is 3.69. The van der Waals surface area contributed by atoms with Crippen molar-refractivity contribution in [2.75, 3.05) is 32.7 Å². The number of benzene rings is 3. The number of hydrogen-bond donors (Lipinski definition) is 4. The number of likely N-dealkylation sites (tertiary alicyclic amines) is 1. The number of aromatic amines is 1. The summed E-state index contributed by atoms with van der Waals surface area (Å²) in [6.07, 6.45) is 12.6. The van der Waals surface area contributed by atoms with Crippen molar-refractivity contribution >= 4 is 19.2 Å². The van der Waals surface area contributed by atoms with Crippen LogP contribution in [0.3, 0.4) is 0 Å². The van der Waals surface area contributed by atoms with Crippen LogP contribution in [-0.2, 0) is 16.6 Å². The van der Waals surface area contributed by atoms with Crippen LogP contribution in [0.5, 0.6) is 5.75 Å². The highest BCUT2D eigenvalue weighted by Gasteiger charge is 2.40. The minimum absolute atomic E-state index is 0.0529. The van der Waals surface area contributed by atoms with Gasteiger partial charge in [0.2, 0.25) is 5.56 Å². The lowest BCUT2D eigenvalue weighted by Gasteiger charge is -2.39. The normalized spacial score (nSPS) is 15.3. The van der Waals surface area contributed by atoms with Gasteiger partial charge in [0.1, 0.15) is 12.1 Å². The standard InChI is InChI=1S/C47H66N6O4Si/c1-46(2,3)58(4,5)57-42(39-23-25-41(54)44-40(39)24-26-43(55)50-44)33-48-29-17-9-7-6-8-10-18-30-52-31-27-36(28-32-52)34-53-35-49-45(51-53)47(56,37-19-13-11-14-20-37)38-21-15-12-16-22-38/h11-16,19-26,35-36,42,48,54,56H,6-10,17-18,27-34H2,1-5H3,(H,50,55)/t42-/m0/s1. The zero-order chi connectivity index (χ0) is 41.2. The van der Waals surface area contributed by atoms with E-state index in [1.165, 1.54) is 51.1 Å². The number of fused-ring (bicyclic) bond motifs is 1. The molecule has 0 spiro atoms. The molecular formula is C47H66N6O4Si. The highest BCUT2D eigenvalue weighted by molar-refractivity contribution is 6.74. The Hall–Kier alpha value is -4.13. The Bertz CT molecular complexity index is 2030. The molecule has 0 amide bonds. The SMILES string of the molecule is CC(C)(C)[Si](C)(C)O[C@@H](CNCCCCCCCCCN1CCC(Cn2cnc(C(O)(c3ccccc3)c3ccccc3)n2)CC1)c1ccc(O)c2[nH]c(=O)ccc12. The fraction of sp³-hybridized carbons (Fsp3) is 0.511. The van der Waals surface area contributed by atoms with Crippen LogP contribution in [-0.4, -0.2) is 75.9 Å². The molecule has 0 radical (unpaired) electrons. The van der Waals surface area contributed by atoms with Gasteiger partial charge >= 0.3 is 0 Å². The maximum absolute atomic E-state index is 12.0. The summed E-state index contributed by atoms with van der Waals surface area (Å²) in [7, 11) is -2.10. The number of aliphatic hydroxyl groups is 1. The Morgan fingerprint density at radius 3 is 2.12 bits per heavy atom. The van der Waals surface area contributed by atoms with E-state index in [9.17, 15) is 15.0 Å². The third kappa shape index (κ3) is 10.9. The average molecular weight is 807 g/mol. The maximum Gasteiger partial charge on any atom is 0.248 e. The highest BCUT2D eigenvalue weighted by Crippen LogP contribution is 2.41. The lowest BCUT2D eigenvalue weighted by molar-refractivity contribution is 0.114. The van der Waals surface area contributed by atoms with E-state index in [1.807, 2.05) is 71.4 Å². The van der Waals surface area contributed by atoms with Crippen molar-refractivity contribution in [1.82, 2.24) is 30.0 Å². The molecule has 312 valence electrons. The van der Waals surface area contributed by atoms with Gasteiger partial charge in [0, 0.05) is 24.5 Å². The van der Waals surface area contributed by atoms with Gasteiger partial charge in [-0.1, -0.05) is 120 Å². The molecule has 2 aromatic heterocycles. The van der Waals surface area contributed by atoms with Crippen LogP contribution in [0.2, 0.25) is 18.1 Å². The van der Waals surface area contributed by atoms with Gasteiger partial charge in [0.25, 0.3) is 0 Å². The van der Waals surface area contributed by atoms with Crippen LogP contribution in [0.1, 0.15) is 107 Å². The lowest BCUT2D eigenvalue weighted by Crippen LogP contribution is -2.43. The monoisotopic (exact) mass is 806 g/mol. The first kappa shape index (κ1) is 43.4. The van der Waals surface area contributed by atoms with Crippen LogP contribution in [0.4, 0.5) is 0 Å². The van der Waals surface area contributed by atoms with Crippen molar-refractivity contribution in [3.8, 4) is 5.75 Å². The second-order valence-electron chi connectivity index (χ2n) is 17.8. The number of rotatable bonds is 20. The summed E-state index contributed by atoms with van der Waals surface area (Å²) in [6, 6.07) is 26.3. The largest absolute Gasteiger partial charge is 0.506 e. The van der Waals surface area contributed by atoms with Crippen LogP contribution in [0.15, 0.2) is 96.1 Å². The molecule has 1 fully saturated rings. The first-order chi connectivity index (χ1) is 27.8. The third-order valence-corrected chi connectivity index (χ3v) is 17.0. The molecule has 1 aliphatic heterocycles. The van der Waals surface area contributed by atoms with Crippen LogP contribution >= 0.6 is 0 Å². The third-order valence-electron chi connectivity index (χ3n) is 12.6. The fourth-order valence-corrected chi connectivity index (χ4v) is 9.25. The number of aromatic hydroxyl groups is 1. The van der Waals surface area contributed by atoms with E-state index in [0.717, 1.165) is 67.5 Å². The molecule has 5 aromatic rings. The van der Waals surface area contributed by atoms with Gasteiger partial charge in [-0.25, -0.2) is 4.98 Å². The molecule has 0 unspecified atom stereocenters. The second kappa shape index (κ2) is 19.7. The smallest absolute Gasteiger partial charge is 0.248 e. The van der Waals surface area contributed by atoms with Crippen molar-refractivity contribution in [3.05, 3.63) is 124 Å². The van der Waals surface area contributed by atoms with Crippen molar-refractivity contribution in [3.63, 3.8) is 0 Å². The maximum atomic E-state index is 12.0. The quantitative estimate of drug-likeness (QED) is 0.0454. The van der Waals surface area contributed by atoms with Crippen molar-refractivity contribution in [1.29, 1.82) is 0 Å². The van der Waals surface area contributed by atoms with Gasteiger partial charge in [0.15, 0.2) is 19.7 Å². The predicted octanol–water partition coefficient (Wildman–Crippen LogP) is 8.90. The number of aromatic nitrogens is 4. The number of nitrogens with one attached hydrogen (secondary N) is 2. The molecule has 1 atom stereocenters. The molecule has 3 heterocycles. The number of phenols is 1. The fourth-order valence-electron chi connectivity index (χ4n) is 7.98. The summed E-state index contributed by atoms with van der Waals surface area (Å²) in [5.41, 5.74) is 1.34. The number of phenolic OH excluding ortho intramolecular Hbond substituents is 1. The van der Waals surface area contributed by atoms with Gasteiger partial charge in [0.05, 0.1) is 11.6 Å². The summed E-state index contributed by atoms with van der Waals surface area (Å²) >= 11 is 0. The summed E-state index contributed by atoms with van der Waals surface area (Å²) in [4.78, 5) is 22.1. The molecule has 0 saturated carbocycles. The molecule has 10 nitrogen and oxygen atoms in total. The van der Waals surface area contributed by atoms with Crippen LogP contribution in [0, 0.1) is 5.92 Å². The molecule has 11 heteroatoms. The molecule has 6 rings (SSSR count). The van der Waals surface area contributed by atoms with Gasteiger partial charge in [-0.3, -0.25) is 9.48 Å². The molecule has 3 aromatic carbocycles. The van der Waals surface area contributed by atoms with Gasteiger partial charge in [-0.05, 0) is 105 Å². The predicted molar refractivity (Wildman–Crippen MR) is 237 cm³/mol. The zero-order valence-electron chi connectivity index (χ0n) is 35.4. The van der Waals surface area contributed by atoms with E-state index >= 15 is 0 Å². The Balaban J connectivity index is 0.864. The lowest BCUT2D eigenvalue weighted by atomic mass is 9.86. The summed E-state index contributed by atoms with van der Waals surface area (Å²) in [6.45, 7) is 17.1. The first-order valence-electron chi connectivity index (χ1n) is 21.5. The topological polar surface area (TPSA) is 129 Å². The summed E-state index contributed by atoms with van der Waals surface area (Å²) in [5.74, 6) is 1.04. The van der Waals surface area contributed by atoms with E-state index in [2.05, 4.69) is 54.0 Å². The Kier molecular flexibility index (Phi) is 14.8. The molecule has 58 heavy (non-hydrogen) atoms. The van der Waals surface area contributed by atoms with E-state index in [-0.39, 0.29) is 22.5 Å². The highest BCUT2D eigenvalue weighted by atomic mass is 28.4. The number of unbranched alkanes of at least 4 members (excludes halogenated alkanes) is 6. The van der Waals surface area contributed by atoms with Gasteiger partial charge in [-0.2, -0.15) is 5.10 Å². The molecule has 0 bridgehead atoms. The Morgan fingerprint density at radius 2 is 1.48 bits per heavy atom. The van der Waals surface area contributed by atoms with Crippen molar-refractivity contribution in [2.24, 2.45) is 5.92 Å². The molecular weight excluding hydrogens is 741 g/mol. The molecule has 1 saturated heterocycles. The van der Waals surface area contributed by atoms with Gasteiger partial charge in [-0.15, -0.1) is 0 Å². The number of H-pyrrole nitrogens is 1. The van der Waals surface area contributed by atoms with Crippen molar-refractivity contribution in [2.45, 2.75) is 115 Å². The first-order valence-corrected chi connectivity index (χ1v) is 24.4. The minimum Gasteiger partial charge on any atom is -0.506 e. The van der Waals surface area contributed by atoms with Gasteiger partial charge < -0.3 is 29.8 Å². The molecule has 1 aliphatic rings. The van der Waals surface area contributed by atoms with E-state index in [4.69, 9.17) is 9.52 Å². The summed E-state index contributed by atoms with van der Waals surface area (Å²) < 4.78 is 8.87. The second-order valence-corrected chi connectivity index (χ2v) is 22.6.